The minimum atomic E-state index is -3.53. The Kier molecular flexibility index (Phi) is 5.62. The Bertz CT molecular complexity index is 885. The van der Waals surface area contributed by atoms with Crippen molar-refractivity contribution in [2.24, 2.45) is 0 Å². The van der Waals surface area contributed by atoms with Crippen LogP contribution >= 0.6 is 0 Å². The molecule has 1 fully saturated rings. The average Bonchev–Trinajstić information content (AvgIpc) is 3.02. The van der Waals surface area contributed by atoms with Gasteiger partial charge in [0, 0.05) is 31.6 Å². The molecule has 0 bridgehead atoms. The van der Waals surface area contributed by atoms with Crippen LogP contribution in [0, 0.1) is 0 Å². The Morgan fingerprint density at radius 3 is 2.73 bits per heavy atom. The first-order chi connectivity index (χ1) is 12.4. The first-order valence-electron chi connectivity index (χ1n) is 9.03. The van der Waals surface area contributed by atoms with E-state index in [2.05, 4.69) is 22.2 Å². The van der Waals surface area contributed by atoms with Gasteiger partial charge in [-0.25, -0.2) is 13.4 Å². The first kappa shape index (κ1) is 18.8. The van der Waals surface area contributed by atoms with Crippen molar-refractivity contribution in [3.63, 3.8) is 0 Å². The molecule has 1 aliphatic rings. The third kappa shape index (κ3) is 4.07. The first-order valence-corrected chi connectivity index (χ1v) is 10.9. The molecule has 0 unspecified atom stereocenters. The maximum Gasteiger partial charge on any atom is 0.272 e. The summed E-state index contributed by atoms with van der Waals surface area (Å²) in [4.78, 5) is 19.0. The number of nitrogens with zero attached hydrogens (tertiary/aromatic N) is 3. The van der Waals surface area contributed by atoms with E-state index in [1.807, 2.05) is 0 Å². The maximum absolute atomic E-state index is 12.6. The summed E-state index contributed by atoms with van der Waals surface area (Å²) in [6, 6.07) is 5.76. The number of hydrogen-bond donors (Lipinski definition) is 1. The highest BCUT2D eigenvalue weighted by molar-refractivity contribution is 7.90. The number of likely N-dealkylation sites (N-methyl/N-ethyl adjacent to an activating group) is 1. The molecule has 3 rings (SSSR count). The zero-order chi connectivity index (χ0) is 18.7. The monoisotopic (exact) mass is 378 g/mol. The normalized spacial score (nSPS) is 16.3. The molecular weight excluding hydrogens is 352 g/mol. The second-order valence-electron chi connectivity index (χ2n) is 7.00. The van der Waals surface area contributed by atoms with Crippen molar-refractivity contribution in [3.8, 4) is 0 Å². The van der Waals surface area contributed by atoms with Crippen molar-refractivity contribution < 1.29 is 13.2 Å². The molecule has 0 spiro atoms. The molecule has 0 saturated heterocycles. The molecule has 0 aromatic carbocycles. The van der Waals surface area contributed by atoms with Crippen LogP contribution in [-0.4, -0.2) is 61.0 Å². The summed E-state index contributed by atoms with van der Waals surface area (Å²) in [5, 5.41) is 2.76. The molecule has 26 heavy (non-hydrogen) atoms. The van der Waals surface area contributed by atoms with E-state index in [-0.39, 0.29) is 16.8 Å². The molecule has 7 nitrogen and oxygen atoms in total. The Morgan fingerprint density at radius 1 is 1.31 bits per heavy atom. The highest BCUT2D eigenvalue weighted by atomic mass is 32.2. The van der Waals surface area contributed by atoms with E-state index < -0.39 is 9.84 Å². The fourth-order valence-corrected chi connectivity index (χ4v) is 4.35. The van der Waals surface area contributed by atoms with Crippen molar-refractivity contribution in [2.75, 3.05) is 26.4 Å². The third-order valence-electron chi connectivity index (χ3n) is 5.01. The zero-order valence-electron chi connectivity index (χ0n) is 15.3. The largest absolute Gasteiger partial charge is 0.349 e. The zero-order valence-corrected chi connectivity index (χ0v) is 16.1. The molecule has 1 aliphatic carbocycles. The lowest BCUT2D eigenvalue weighted by atomic mass is 9.94. The van der Waals surface area contributed by atoms with E-state index in [0.29, 0.717) is 18.1 Å². The molecule has 8 heteroatoms. The van der Waals surface area contributed by atoms with Crippen LogP contribution in [0.5, 0.6) is 0 Å². The van der Waals surface area contributed by atoms with E-state index in [0.717, 1.165) is 12.8 Å². The van der Waals surface area contributed by atoms with Crippen LogP contribution < -0.4 is 5.32 Å². The van der Waals surface area contributed by atoms with Crippen LogP contribution in [0.4, 0.5) is 0 Å². The second-order valence-corrected chi connectivity index (χ2v) is 8.91. The van der Waals surface area contributed by atoms with Crippen LogP contribution in [0.3, 0.4) is 0 Å². The predicted molar refractivity (Wildman–Crippen MR) is 100 cm³/mol. The molecule has 142 valence electrons. The number of carbonyl (C=O) groups excluding carboxylic acids is 1. The van der Waals surface area contributed by atoms with Crippen LogP contribution in [0.2, 0.25) is 0 Å². The predicted octanol–water partition coefficient (Wildman–Crippen LogP) is 1.73. The standard InChI is InChI=1S/C18H26N4O3S/c1-21(14-8-4-3-5-9-14)13-11-19-17(23)16-15-10-6-7-12-22(15)18(20-16)26(2,24)25/h6-7,10,12,14H,3-5,8-9,11,13H2,1-2H3,(H,19,23). The Hall–Kier alpha value is -1.93. The number of nitrogens with one attached hydrogen (secondary N) is 1. The average molecular weight is 378 g/mol. The molecular formula is C18H26N4O3S. The molecule has 2 aromatic rings. The fraction of sp³-hybridized carbons (Fsp3) is 0.556. The van der Waals surface area contributed by atoms with Gasteiger partial charge in [-0.2, -0.15) is 0 Å². The molecule has 0 radical (unpaired) electrons. The number of imidazole rings is 1. The third-order valence-corrected chi connectivity index (χ3v) is 5.96. The van der Waals surface area contributed by atoms with Crippen LogP contribution in [0.1, 0.15) is 42.6 Å². The number of aromatic nitrogens is 2. The number of pyridine rings is 1. The van der Waals surface area contributed by atoms with Gasteiger partial charge in [-0.3, -0.25) is 9.20 Å². The van der Waals surface area contributed by atoms with Gasteiger partial charge >= 0.3 is 0 Å². The van der Waals surface area contributed by atoms with Crippen molar-refractivity contribution in [1.82, 2.24) is 19.6 Å². The van der Waals surface area contributed by atoms with E-state index in [1.54, 1.807) is 24.4 Å². The van der Waals surface area contributed by atoms with E-state index >= 15 is 0 Å². The number of hydrogen-bond acceptors (Lipinski definition) is 5. The Labute approximate surface area is 154 Å². The molecule has 0 atom stereocenters. The number of amides is 1. The summed E-state index contributed by atoms with van der Waals surface area (Å²) in [5.41, 5.74) is 0.636. The number of carbonyl (C=O) groups is 1. The van der Waals surface area contributed by atoms with Crippen molar-refractivity contribution in [3.05, 3.63) is 30.1 Å². The van der Waals surface area contributed by atoms with E-state index in [9.17, 15) is 13.2 Å². The molecule has 1 amide bonds. The lowest BCUT2D eigenvalue weighted by Gasteiger charge is -2.31. The van der Waals surface area contributed by atoms with Gasteiger partial charge in [0.2, 0.25) is 15.0 Å². The topological polar surface area (TPSA) is 83.8 Å². The highest BCUT2D eigenvalue weighted by Gasteiger charge is 2.23. The van der Waals surface area contributed by atoms with Gasteiger partial charge in [0.15, 0.2) is 5.69 Å². The van der Waals surface area contributed by atoms with Gasteiger partial charge in [-0.15, -0.1) is 0 Å². The second kappa shape index (κ2) is 7.75. The SMILES string of the molecule is CN(CCNC(=O)c1nc(S(C)(=O)=O)n2ccccc12)C1CCCCC1. The minimum Gasteiger partial charge on any atom is -0.349 e. The van der Waals surface area contributed by atoms with E-state index in [1.165, 1.54) is 36.5 Å². The van der Waals surface area contributed by atoms with Crippen LogP contribution in [0.15, 0.2) is 29.6 Å². The van der Waals surface area contributed by atoms with Gasteiger partial charge < -0.3 is 10.2 Å². The molecule has 2 heterocycles. The summed E-state index contributed by atoms with van der Waals surface area (Å²) < 4.78 is 25.3. The molecule has 2 aromatic heterocycles. The Balaban J connectivity index is 1.68. The smallest absolute Gasteiger partial charge is 0.272 e. The van der Waals surface area contributed by atoms with Crippen LogP contribution in [-0.2, 0) is 9.84 Å². The number of rotatable bonds is 6. The van der Waals surface area contributed by atoms with Gasteiger partial charge in [-0.05, 0) is 32.0 Å². The summed E-state index contributed by atoms with van der Waals surface area (Å²) in [6.07, 6.45) is 8.99. The molecule has 1 N–H and O–H groups in total. The molecule has 0 aliphatic heterocycles. The summed E-state index contributed by atoms with van der Waals surface area (Å²) in [5.74, 6) is -0.347. The summed E-state index contributed by atoms with van der Waals surface area (Å²) >= 11 is 0. The number of sulfone groups is 1. The molecule has 1 saturated carbocycles. The maximum atomic E-state index is 12.6. The lowest BCUT2D eigenvalue weighted by Crippen LogP contribution is -2.39. The van der Waals surface area contributed by atoms with Gasteiger partial charge in [-0.1, -0.05) is 25.3 Å². The lowest BCUT2D eigenvalue weighted by molar-refractivity contribution is 0.0941. The number of fused-ring (bicyclic) bond motifs is 1. The van der Waals surface area contributed by atoms with Crippen molar-refractivity contribution in [1.29, 1.82) is 0 Å². The van der Waals surface area contributed by atoms with Crippen molar-refractivity contribution in [2.45, 2.75) is 43.3 Å². The highest BCUT2D eigenvalue weighted by Crippen LogP contribution is 2.21. The van der Waals surface area contributed by atoms with E-state index in [4.69, 9.17) is 0 Å². The summed E-state index contributed by atoms with van der Waals surface area (Å²) in [6.45, 7) is 1.27. The van der Waals surface area contributed by atoms with Gasteiger partial charge in [0.1, 0.15) is 0 Å². The minimum absolute atomic E-state index is 0.113. The van der Waals surface area contributed by atoms with Crippen molar-refractivity contribution >= 4 is 21.3 Å². The van der Waals surface area contributed by atoms with Gasteiger partial charge in [0.25, 0.3) is 5.91 Å². The quantitative estimate of drug-likeness (QED) is 0.828. The summed E-state index contributed by atoms with van der Waals surface area (Å²) in [7, 11) is -1.43. The Morgan fingerprint density at radius 2 is 2.04 bits per heavy atom. The van der Waals surface area contributed by atoms with Crippen LogP contribution in [0.25, 0.3) is 5.52 Å². The van der Waals surface area contributed by atoms with Gasteiger partial charge in [0.05, 0.1) is 5.52 Å². The fourth-order valence-electron chi connectivity index (χ4n) is 3.57.